The second-order valence-corrected chi connectivity index (χ2v) is 11.0. The van der Waals surface area contributed by atoms with Gasteiger partial charge in [-0.1, -0.05) is 6.92 Å². The zero-order valence-corrected chi connectivity index (χ0v) is 17.1. The molecular weight excluding hydrogens is 372 g/mol. The van der Waals surface area contributed by atoms with E-state index in [0.717, 1.165) is 19.3 Å². The van der Waals surface area contributed by atoms with Crippen LogP contribution in [0.25, 0.3) is 0 Å². The van der Waals surface area contributed by atoms with E-state index in [4.69, 9.17) is 14.0 Å². The number of carbonyl (C=O) groups excluding carboxylic acids is 2. The summed E-state index contributed by atoms with van der Waals surface area (Å²) >= 11 is 0. The van der Waals surface area contributed by atoms with Crippen molar-refractivity contribution in [2.45, 2.75) is 71.3 Å². The monoisotopic (exact) mass is 402 g/mol. The second-order valence-electron chi connectivity index (χ2n) is 9.47. The van der Waals surface area contributed by atoms with Gasteiger partial charge in [-0.2, -0.15) is 8.42 Å². The van der Waals surface area contributed by atoms with Crippen molar-refractivity contribution >= 4 is 22.1 Å². The molecule has 4 rings (SSSR count). The molecule has 4 aliphatic rings. The van der Waals surface area contributed by atoms with Crippen molar-refractivity contribution in [3.63, 3.8) is 0 Å². The highest BCUT2D eigenvalue weighted by molar-refractivity contribution is 7.85. The Balaban J connectivity index is 1.75. The molecule has 154 valence electrons. The van der Waals surface area contributed by atoms with Gasteiger partial charge in [0, 0.05) is 6.42 Å². The predicted octanol–water partition coefficient (Wildman–Crippen LogP) is 2.74. The van der Waals surface area contributed by atoms with Crippen molar-refractivity contribution in [1.82, 2.24) is 0 Å². The molecule has 2 unspecified atom stereocenters. The Kier molecular flexibility index (Phi) is 5.13. The molecule has 1 N–H and O–H groups in total. The maximum Gasteiger partial charge on any atom is 0.312 e. The third kappa shape index (κ3) is 4.16. The van der Waals surface area contributed by atoms with Crippen LogP contribution in [0.3, 0.4) is 0 Å². The lowest BCUT2D eigenvalue weighted by Crippen LogP contribution is -2.60. The van der Waals surface area contributed by atoms with Gasteiger partial charge in [0.25, 0.3) is 10.1 Å². The molecule has 27 heavy (non-hydrogen) atoms. The van der Waals surface area contributed by atoms with E-state index < -0.39 is 38.3 Å². The number of rotatable bonds is 7. The summed E-state index contributed by atoms with van der Waals surface area (Å²) in [6.07, 6.45) is 5.14. The molecular formula is C19H30O7S. The van der Waals surface area contributed by atoms with E-state index in [2.05, 4.69) is 0 Å². The van der Waals surface area contributed by atoms with Gasteiger partial charge in [-0.15, -0.1) is 0 Å². The van der Waals surface area contributed by atoms with Crippen LogP contribution >= 0.6 is 0 Å². The Morgan fingerprint density at radius 2 is 1.74 bits per heavy atom. The van der Waals surface area contributed by atoms with E-state index in [9.17, 15) is 18.0 Å². The maximum atomic E-state index is 12.8. The van der Waals surface area contributed by atoms with Crippen LogP contribution in [0.5, 0.6) is 0 Å². The van der Waals surface area contributed by atoms with Gasteiger partial charge < -0.3 is 9.47 Å². The number of carbonyl (C=O) groups is 2. The molecule has 4 aliphatic carbocycles. The summed E-state index contributed by atoms with van der Waals surface area (Å²) in [5.74, 6) is -0.611. The zero-order chi connectivity index (χ0) is 20.1. The summed E-state index contributed by atoms with van der Waals surface area (Å²) in [5, 5.41) is 0. The van der Waals surface area contributed by atoms with Crippen LogP contribution in [0, 0.1) is 22.7 Å². The van der Waals surface area contributed by atoms with Crippen LogP contribution in [-0.4, -0.2) is 42.9 Å². The van der Waals surface area contributed by atoms with Gasteiger partial charge in [0.15, 0.2) is 0 Å². The average Bonchev–Trinajstić information content (AvgIpc) is 2.51. The number of ether oxygens (including phenoxy) is 2. The van der Waals surface area contributed by atoms with Crippen LogP contribution in [0.15, 0.2) is 0 Å². The van der Waals surface area contributed by atoms with Gasteiger partial charge in [-0.05, 0) is 64.2 Å². The van der Waals surface area contributed by atoms with Gasteiger partial charge >= 0.3 is 11.9 Å². The Morgan fingerprint density at radius 1 is 1.15 bits per heavy atom. The minimum atomic E-state index is -4.17. The molecule has 0 spiro atoms. The SMILES string of the molecule is CCC(C)(C)C(=O)OC12CC3CC(C1)CC(C(=O)OCCS(=O)(=O)O)(C3)C2. The molecule has 0 aromatic heterocycles. The first kappa shape index (κ1) is 20.6. The van der Waals surface area contributed by atoms with Crippen LogP contribution in [0.1, 0.15) is 65.7 Å². The molecule has 0 heterocycles. The minimum Gasteiger partial charge on any atom is -0.464 e. The van der Waals surface area contributed by atoms with E-state index >= 15 is 0 Å². The van der Waals surface area contributed by atoms with Crippen LogP contribution in [0.4, 0.5) is 0 Å². The van der Waals surface area contributed by atoms with E-state index in [1.165, 1.54) is 0 Å². The summed E-state index contributed by atoms with van der Waals surface area (Å²) in [4.78, 5) is 25.5. The maximum absolute atomic E-state index is 12.8. The third-order valence-electron chi connectivity index (χ3n) is 6.76. The van der Waals surface area contributed by atoms with E-state index in [1.54, 1.807) is 0 Å². The molecule has 8 heteroatoms. The lowest BCUT2D eigenvalue weighted by Gasteiger charge is -2.60. The highest BCUT2D eigenvalue weighted by atomic mass is 32.2. The topological polar surface area (TPSA) is 107 Å². The smallest absolute Gasteiger partial charge is 0.312 e. The number of hydrogen-bond acceptors (Lipinski definition) is 6. The van der Waals surface area contributed by atoms with Crippen LogP contribution in [-0.2, 0) is 29.2 Å². The van der Waals surface area contributed by atoms with Crippen LogP contribution in [0.2, 0.25) is 0 Å². The Hall–Kier alpha value is -1.15. The first-order valence-electron chi connectivity index (χ1n) is 9.75. The summed E-state index contributed by atoms with van der Waals surface area (Å²) in [6, 6.07) is 0. The van der Waals surface area contributed by atoms with Crippen LogP contribution < -0.4 is 0 Å². The van der Waals surface area contributed by atoms with Gasteiger partial charge in [0.1, 0.15) is 18.0 Å². The highest BCUT2D eigenvalue weighted by Crippen LogP contribution is 2.63. The molecule has 0 aromatic rings. The first-order valence-corrected chi connectivity index (χ1v) is 11.4. The largest absolute Gasteiger partial charge is 0.464 e. The molecule has 0 aliphatic heterocycles. The van der Waals surface area contributed by atoms with Crippen molar-refractivity contribution in [3.8, 4) is 0 Å². The lowest BCUT2D eigenvalue weighted by atomic mass is 9.48. The highest BCUT2D eigenvalue weighted by Gasteiger charge is 2.63. The van der Waals surface area contributed by atoms with Crippen molar-refractivity contribution in [1.29, 1.82) is 0 Å². The normalized spacial score (nSPS) is 35.1. The van der Waals surface area contributed by atoms with Gasteiger partial charge in [-0.3, -0.25) is 14.1 Å². The Bertz CT molecular complexity index is 710. The first-order chi connectivity index (χ1) is 12.4. The summed E-state index contributed by atoms with van der Waals surface area (Å²) in [6.45, 7) is 5.34. The molecule has 4 bridgehead atoms. The Labute approximate surface area is 160 Å². The molecule has 0 saturated heterocycles. The quantitative estimate of drug-likeness (QED) is 0.515. The Morgan fingerprint density at radius 3 is 2.26 bits per heavy atom. The summed E-state index contributed by atoms with van der Waals surface area (Å²) in [7, 11) is -4.17. The lowest BCUT2D eigenvalue weighted by molar-refractivity contribution is -0.217. The molecule has 0 radical (unpaired) electrons. The van der Waals surface area contributed by atoms with Crippen molar-refractivity contribution in [3.05, 3.63) is 0 Å². The fraction of sp³-hybridized carbons (Fsp3) is 0.895. The van der Waals surface area contributed by atoms with E-state index in [1.807, 2.05) is 20.8 Å². The van der Waals surface area contributed by atoms with E-state index in [-0.39, 0.29) is 12.6 Å². The fourth-order valence-corrected chi connectivity index (χ4v) is 5.70. The second kappa shape index (κ2) is 6.72. The standard InChI is InChI=1S/C19H30O7S/c1-4-17(2,3)15(20)26-19-10-13-7-14(11-19)9-18(8-13,12-19)16(21)25-5-6-27(22,23)24/h13-14H,4-12H2,1-3H3,(H,22,23,24). The molecule has 4 saturated carbocycles. The predicted molar refractivity (Wildman–Crippen MR) is 97.4 cm³/mol. The molecule has 0 aromatic carbocycles. The van der Waals surface area contributed by atoms with Gasteiger partial charge in [0.05, 0.1) is 10.8 Å². The van der Waals surface area contributed by atoms with Gasteiger partial charge in [0.2, 0.25) is 0 Å². The van der Waals surface area contributed by atoms with Crippen molar-refractivity contribution < 1.29 is 32.0 Å². The fourth-order valence-electron chi connectivity index (χ4n) is 5.41. The number of esters is 2. The van der Waals surface area contributed by atoms with Crippen molar-refractivity contribution in [2.24, 2.45) is 22.7 Å². The average molecular weight is 403 g/mol. The number of hydrogen-bond donors (Lipinski definition) is 1. The summed E-state index contributed by atoms with van der Waals surface area (Å²) < 4.78 is 41.8. The molecule has 2 atom stereocenters. The minimum absolute atomic E-state index is 0.221. The molecule has 0 amide bonds. The van der Waals surface area contributed by atoms with Gasteiger partial charge in [-0.25, -0.2) is 0 Å². The summed E-state index contributed by atoms with van der Waals surface area (Å²) in [5.41, 5.74) is -1.89. The van der Waals surface area contributed by atoms with E-state index in [0.29, 0.717) is 37.5 Å². The van der Waals surface area contributed by atoms with Crippen molar-refractivity contribution in [2.75, 3.05) is 12.4 Å². The molecule has 4 fully saturated rings. The zero-order valence-electron chi connectivity index (χ0n) is 16.3. The molecule has 7 nitrogen and oxygen atoms in total. The third-order valence-corrected chi connectivity index (χ3v) is 7.44.